The van der Waals surface area contributed by atoms with E-state index in [-0.39, 0.29) is 31.1 Å². The van der Waals surface area contributed by atoms with E-state index in [4.69, 9.17) is 14.2 Å². The average Bonchev–Trinajstić information content (AvgIpc) is 3.28. The zero-order valence-electron chi connectivity index (χ0n) is 43.9. The molecule has 6 nitrogen and oxygen atoms in total. The number of esters is 3. The maximum Gasteiger partial charge on any atom is 0.306 e. The highest BCUT2D eigenvalue weighted by Gasteiger charge is 2.19. The molecule has 2 atom stereocenters. The highest BCUT2D eigenvalue weighted by Crippen LogP contribution is 2.18. The smallest absolute Gasteiger partial charge is 0.306 e. The molecule has 0 fully saturated rings. The van der Waals surface area contributed by atoms with Gasteiger partial charge in [-0.05, 0) is 31.1 Å². The molecule has 0 heterocycles. The zero-order chi connectivity index (χ0) is 46.8. The lowest BCUT2D eigenvalue weighted by atomic mass is 9.99. The number of carbonyl (C=O) groups excluding carboxylic acids is 3. The molecule has 0 saturated carbocycles. The lowest BCUT2D eigenvalue weighted by Crippen LogP contribution is -2.30. The van der Waals surface area contributed by atoms with E-state index >= 15 is 0 Å². The average molecular weight is 906 g/mol. The van der Waals surface area contributed by atoms with Crippen LogP contribution in [0.15, 0.2) is 0 Å². The van der Waals surface area contributed by atoms with Gasteiger partial charge in [-0.15, -0.1) is 0 Å². The Bertz CT molecular complexity index is 980. The van der Waals surface area contributed by atoms with Crippen LogP contribution in [-0.4, -0.2) is 37.2 Å². The highest BCUT2D eigenvalue weighted by atomic mass is 16.6. The second kappa shape index (κ2) is 50.8. The fourth-order valence-corrected chi connectivity index (χ4v) is 8.84. The first-order chi connectivity index (χ1) is 31.3. The van der Waals surface area contributed by atoms with Crippen molar-refractivity contribution in [2.24, 2.45) is 11.8 Å². The van der Waals surface area contributed by atoms with E-state index < -0.39 is 6.10 Å². The van der Waals surface area contributed by atoms with Crippen LogP contribution >= 0.6 is 0 Å². The third-order valence-electron chi connectivity index (χ3n) is 13.6. The van der Waals surface area contributed by atoms with E-state index in [0.29, 0.717) is 19.3 Å². The number of hydrogen-bond acceptors (Lipinski definition) is 6. The van der Waals surface area contributed by atoms with Gasteiger partial charge in [0.1, 0.15) is 13.2 Å². The highest BCUT2D eigenvalue weighted by molar-refractivity contribution is 5.71. The first kappa shape index (κ1) is 62.4. The van der Waals surface area contributed by atoms with Gasteiger partial charge in [0.05, 0.1) is 0 Å². The Morgan fingerprint density at radius 1 is 0.328 bits per heavy atom. The van der Waals surface area contributed by atoms with Gasteiger partial charge in [0.25, 0.3) is 0 Å². The Morgan fingerprint density at radius 2 is 0.594 bits per heavy atom. The molecule has 0 aromatic carbocycles. The van der Waals surface area contributed by atoms with E-state index in [0.717, 1.165) is 69.6 Å². The second-order valence-corrected chi connectivity index (χ2v) is 20.6. The third kappa shape index (κ3) is 49.8. The van der Waals surface area contributed by atoms with Gasteiger partial charge in [0.2, 0.25) is 0 Å². The molecule has 0 aromatic heterocycles. The van der Waals surface area contributed by atoms with E-state index in [9.17, 15) is 14.4 Å². The van der Waals surface area contributed by atoms with E-state index in [2.05, 4.69) is 34.6 Å². The quantitative estimate of drug-likeness (QED) is 0.0344. The van der Waals surface area contributed by atoms with Crippen LogP contribution in [0.1, 0.15) is 324 Å². The summed E-state index contributed by atoms with van der Waals surface area (Å²) in [5, 5.41) is 0. The van der Waals surface area contributed by atoms with Gasteiger partial charge in [0.15, 0.2) is 6.10 Å². The first-order valence-corrected chi connectivity index (χ1v) is 28.8. The lowest BCUT2D eigenvalue weighted by molar-refractivity contribution is -0.167. The maximum absolute atomic E-state index is 12.8. The molecule has 0 aliphatic rings. The molecule has 0 aliphatic carbocycles. The standard InChI is InChI=1S/C58H112O6/c1-6-8-9-10-11-12-13-14-19-23-30-35-40-45-50-58(61)64-55(52-63-57(60)49-44-39-34-29-25-24-27-32-37-42-47-54(5)7-2)51-62-56(59)48-43-38-33-28-22-20-17-15-16-18-21-26-31-36-41-46-53(3)4/h53-55H,6-52H2,1-5H3/t54?,55-/m1/s1. The van der Waals surface area contributed by atoms with Crippen molar-refractivity contribution in [2.75, 3.05) is 13.2 Å². The molecular formula is C58H112O6. The summed E-state index contributed by atoms with van der Waals surface area (Å²) in [5.74, 6) is 0.879. The maximum atomic E-state index is 12.8. The normalized spacial score (nSPS) is 12.5. The summed E-state index contributed by atoms with van der Waals surface area (Å²) in [6.45, 7) is 11.4. The molecule has 0 N–H and O–H groups in total. The van der Waals surface area contributed by atoms with Crippen LogP contribution in [0, 0.1) is 11.8 Å². The van der Waals surface area contributed by atoms with Crippen LogP contribution in [0.2, 0.25) is 0 Å². The molecule has 1 unspecified atom stereocenters. The van der Waals surface area contributed by atoms with E-state index in [1.807, 2.05) is 0 Å². The van der Waals surface area contributed by atoms with Crippen LogP contribution in [0.4, 0.5) is 0 Å². The number of carbonyl (C=O) groups is 3. The van der Waals surface area contributed by atoms with Crippen molar-refractivity contribution in [3.05, 3.63) is 0 Å². The summed E-state index contributed by atoms with van der Waals surface area (Å²) in [6, 6.07) is 0. The summed E-state index contributed by atoms with van der Waals surface area (Å²) in [4.78, 5) is 38.1. The minimum atomic E-state index is -0.762. The van der Waals surface area contributed by atoms with Gasteiger partial charge >= 0.3 is 17.9 Å². The fourth-order valence-electron chi connectivity index (χ4n) is 8.84. The van der Waals surface area contributed by atoms with Crippen LogP contribution in [-0.2, 0) is 28.6 Å². The van der Waals surface area contributed by atoms with Crippen molar-refractivity contribution in [2.45, 2.75) is 330 Å². The number of hydrogen-bond donors (Lipinski definition) is 0. The van der Waals surface area contributed by atoms with Gasteiger partial charge in [-0.3, -0.25) is 14.4 Å². The summed E-state index contributed by atoms with van der Waals surface area (Å²) >= 11 is 0. The summed E-state index contributed by atoms with van der Waals surface area (Å²) in [7, 11) is 0. The van der Waals surface area contributed by atoms with E-state index in [1.54, 1.807) is 0 Å². The molecule has 0 rings (SSSR count). The Labute approximate surface area is 399 Å². The van der Waals surface area contributed by atoms with Gasteiger partial charge in [0, 0.05) is 19.3 Å². The molecule has 380 valence electrons. The molecule has 64 heavy (non-hydrogen) atoms. The van der Waals surface area contributed by atoms with Crippen molar-refractivity contribution in [3.8, 4) is 0 Å². The van der Waals surface area contributed by atoms with Crippen LogP contribution in [0.5, 0.6) is 0 Å². The fraction of sp³-hybridized carbons (Fsp3) is 0.948. The van der Waals surface area contributed by atoms with Crippen LogP contribution in [0.25, 0.3) is 0 Å². The monoisotopic (exact) mass is 905 g/mol. The molecule has 6 heteroatoms. The predicted molar refractivity (Wildman–Crippen MR) is 275 cm³/mol. The molecule has 0 spiro atoms. The van der Waals surface area contributed by atoms with Gasteiger partial charge < -0.3 is 14.2 Å². The largest absolute Gasteiger partial charge is 0.462 e. The van der Waals surface area contributed by atoms with E-state index in [1.165, 1.54) is 212 Å². The lowest BCUT2D eigenvalue weighted by Gasteiger charge is -2.18. The Kier molecular flexibility index (Phi) is 49.6. The molecule has 0 radical (unpaired) electrons. The minimum Gasteiger partial charge on any atom is -0.462 e. The number of ether oxygens (including phenoxy) is 3. The van der Waals surface area contributed by atoms with Gasteiger partial charge in [-0.25, -0.2) is 0 Å². The number of unbranched alkanes of at least 4 members (excludes halogenated alkanes) is 36. The Morgan fingerprint density at radius 3 is 0.891 bits per heavy atom. The summed E-state index contributed by atoms with van der Waals surface area (Å²) < 4.78 is 16.9. The first-order valence-electron chi connectivity index (χ1n) is 28.8. The van der Waals surface area contributed by atoms with Crippen molar-refractivity contribution in [1.29, 1.82) is 0 Å². The number of rotatable bonds is 52. The third-order valence-corrected chi connectivity index (χ3v) is 13.6. The van der Waals surface area contributed by atoms with Crippen molar-refractivity contribution < 1.29 is 28.6 Å². The predicted octanol–water partition coefficient (Wildman–Crippen LogP) is 18.9. The molecule has 0 amide bonds. The Balaban J connectivity index is 4.29. The van der Waals surface area contributed by atoms with Crippen molar-refractivity contribution in [3.63, 3.8) is 0 Å². The molecular weight excluding hydrogens is 793 g/mol. The van der Waals surface area contributed by atoms with Crippen LogP contribution < -0.4 is 0 Å². The molecule has 0 bridgehead atoms. The van der Waals surface area contributed by atoms with Crippen molar-refractivity contribution >= 4 is 17.9 Å². The van der Waals surface area contributed by atoms with Crippen LogP contribution in [0.3, 0.4) is 0 Å². The molecule has 0 aliphatic heterocycles. The topological polar surface area (TPSA) is 78.9 Å². The summed E-state index contributed by atoms with van der Waals surface area (Å²) in [6.07, 6.45) is 53.7. The molecule has 0 aromatic rings. The zero-order valence-corrected chi connectivity index (χ0v) is 43.9. The van der Waals surface area contributed by atoms with Gasteiger partial charge in [-0.2, -0.15) is 0 Å². The second-order valence-electron chi connectivity index (χ2n) is 20.6. The van der Waals surface area contributed by atoms with Crippen molar-refractivity contribution in [1.82, 2.24) is 0 Å². The minimum absolute atomic E-state index is 0.0627. The Hall–Kier alpha value is -1.59. The summed E-state index contributed by atoms with van der Waals surface area (Å²) in [5.41, 5.74) is 0. The van der Waals surface area contributed by atoms with Gasteiger partial charge in [-0.1, -0.05) is 285 Å². The SMILES string of the molecule is CCCCCCCCCCCCCCCCC(=O)O[C@H](COC(=O)CCCCCCCCCCCCCCCCCC(C)C)COC(=O)CCCCCCCCCCCCC(C)CC. The molecule has 0 saturated heterocycles.